The molecule has 0 unspecified atom stereocenters. The Balaban J connectivity index is -0.0000000486. The lowest BCUT2D eigenvalue weighted by atomic mass is 10.0. The monoisotopic (exact) mass is 256 g/mol. The standard InChI is InChI=1S/C6H12.C6H6.2C2H6.2CH4.H2/c2*1-2-4-6-5-3-1;2*1-2;;;/h1-6H2;1-6H;2*1-2H3;2*1H4;1H. The quantitative estimate of drug-likeness (QED) is 0.448. The van der Waals surface area contributed by atoms with Gasteiger partial charge in [-0.15, -0.1) is 0 Å². The number of benzene rings is 1. The van der Waals surface area contributed by atoms with Crippen molar-refractivity contribution in [1.82, 2.24) is 0 Å². The predicted molar refractivity (Wildman–Crippen MR) is 92.4 cm³/mol. The van der Waals surface area contributed by atoms with Crippen molar-refractivity contribution < 1.29 is 1.43 Å². The highest BCUT2D eigenvalue weighted by Gasteiger charge is 1.95. The van der Waals surface area contributed by atoms with Crippen molar-refractivity contribution in [2.75, 3.05) is 0 Å². The summed E-state index contributed by atoms with van der Waals surface area (Å²) in [6.07, 6.45) is 9.00. The summed E-state index contributed by atoms with van der Waals surface area (Å²) in [7, 11) is 0. The molecule has 112 valence electrons. The average molecular weight is 257 g/mol. The molecule has 0 heterocycles. The van der Waals surface area contributed by atoms with Gasteiger partial charge in [0.25, 0.3) is 0 Å². The number of hydrogen-bond donors (Lipinski definition) is 0. The molecule has 0 heteroatoms. The van der Waals surface area contributed by atoms with E-state index in [-0.39, 0.29) is 16.3 Å². The second-order valence-corrected chi connectivity index (χ2v) is 3.28. The minimum Gasteiger partial charge on any atom is -0.0776 e. The van der Waals surface area contributed by atoms with Crippen molar-refractivity contribution in [3.05, 3.63) is 36.4 Å². The van der Waals surface area contributed by atoms with Crippen LogP contribution in [0.5, 0.6) is 0 Å². The van der Waals surface area contributed by atoms with E-state index in [4.69, 9.17) is 0 Å². The normalized spacial score (nSPS) is 11.3. The van der Waals surface area contributed by atoms with Crippen molar-refractivity contribution in [2.45, 2.75) is 81.1 Å². The summed E-state index contributed by atoms with van der Waals surface area (Å²) in [4.78, 5) is 0. The lowest BCUT2D eigenvalue weighted by Gasteiger charge is -2.05. The smallest absolute Gasteiger partial charge is 0 e. The van der Waals surface area contributed by atoms with E-state index in [1.807, 2.05) is 64.1 Å². The second kappa shape index (κ2) is 29.8. The zero-order valence-electron chi connectivity index (χ0n) is 11.7. The third-order valence-electron chi connectivity index (χ3n) is 2.17. The van der Waals surface area contributed by atoms with Crippen molar-refractivity contribution >= 4 is 0 Å². The molecule has 0 atom stereocenters. The van der Waals surface area contributed by atoms with Crippen LogP contribution in [0.1, 0.15) is 82.5 Å². The van der Waals surface area contributed by atoms with Gasteiger partial charge in [0.1, 0.15) is 0 Å². The Morgan fingerprint density at radius 1 is 0.444 bits per heavy atom. The molecule has 1 fully saturated rings. The molecule has 0 saturated heterocycles. The van der Waals surface area contributed by atoms with Crippen LogP contribution < -0.4 is 0 Å². The van der Waals surface area contributed by atoms with Gasteiger partial charge < -0.3 is 0 Å². The van der Waals surface area contributed by atoms with Crippen LogP contribution >= 0.6 is 0 Å². The molecule has 0 nitrogen and oxygen atoms in total. The van der Waals surface area contributed by atoms with Gasteiger partial charge in [0.15, 0.2) is 0 Å². The molecule has 0 radical (unpaired) electrons. The molecular formula is C18H40. The van der Waals surface area contributed by atoms with Crippen LogP contribution in [0, 0.1) is 0 Å². The van der Waals surface area contributed by atoms with E-state index in [0.717, 1.165) is 0 Å². The maximum absolute atomic E-state index is 2.00. The Morgan fingerprint density at radius 2 is 0.556 bits per heavy atom. The van der Waals surface area contributed by atoms with Crippen LogP contribution in [0.3, 0.4) is 0 Å². The highest BCUT2D eigenvalue weighted by Crippen LogP contribution is 2.15. The Kier molecular flexibility index (Phi) is 43.0. The van der Waals surface area contributed by atoms with Gasteiger partial charge in [0, 0.05) is 1.43 Å². The Labute approximate surface area is 119 Å². The molecule has 0 aromatic heterocycles. The first-order valence-corrected chi connectivity index (χ1v) is 7.00. The summed E-state index contributed by atoms with van der Waals surface area (Å²) in [5.74, 6) is 0. The van der Waals surface area contributed by atoms with E-state index in [1.54, 1.807) is 0 Å². The summed E-state index contributed by atoms with van der Waals surface area (Å²) >= 11 is 0. The molecular weight excluding hydrogens is 216 g/mol. The van der Waals surface area contributed by atoms with Crippen molar-refractivity contribution in [1.29, 1.82) is 0 Å². The van der Waals surface area contributed by atoms with Crippen LogP contribution in [0.2, 0.25) is 0 Å². The highest BCUT2D eigenvalue weighted by atomic mass is 14.0. The molecule has 0 aliphatic heterocycles. The summed E-state index contributed by atoms with van der Waals surface area (Å²) in [5.41, 5.74) is 0. The van der Waals surface area contributed by atoms with Crippen LogP contribution in [-0.2, 0) is 0 Å². The molecule has 18 heavy (non-hydrogen) atoms. The molecule has 1 aromatic carbocycles. The first-order valence-electron chi connectivity index (χ1n) is 7.00. The van der Waals surface area contributed by atoms with E-state index in [0.29, 0.717) is 0 Å². The van der Waals surface area contributed by atoms with Crippen LogP contribution in [0.4, 0.5) is 0 Å². The molecule has 1 aliphatic rings. The molecule has 0 spiro atoms. The summed E-state index contributed by atoms with van der Waals surface area (Å²) < 4.78 is 0. The van der Waals surface area contributed by atoms with Crippen molar-refractivity contribution in [2.24, 2.45) is 0 Å². The lowest BCUT2D eigenvalue weighted by Crippen LogP contribution is -1.85. The largest absolute Gasteiger partial charge is 0.0776 e. The molecule has 0 bridgehead atoms. The minimum absolute atomic E-state index is 0. The molecule has 2 rings (SSSR count). The fourth-order valence-corrected chi connectivity index (χ4v) is 1.45. The van der Waals surface area contributed by atoms with Crippen LogP contribution in [0.15, 0.2) is 36.4 Å². The van der Waals surface area contributed by atoms with E-state index in [1.165, 1.54) is 38.5 Å². The van der Waals surface area contributed by atoms with Gasteiger partial charge in [-0.1, -0.05) is 117 Å². The molecule has 1 saturated carbocycles. The predicted octanol–water partition coefficient (Wildman–Crippen LogP) is 7.60. The third-order valence-corrected chi connectivity index (χ3v) is 2.17. The lowest BCUT2D eigenvalue weighted by molar-refractivity contribution is 0.504. The van der Waals surface area contributed by atoms with Gasteiger partial charge in [-0.25, -0.2) is 0 Å². The third kappa shape index (κ3) is 24.4. The van der Waals surface area contributed by atoms with Gasteiger partial charge >= 0.3 is 0 Å². The van der Waals surface area contributed by atoms with Gasteiger partial charge in [0.05, 0.1) is 0 Å². The first kappa shape index (κ1) is 25.9. The first-order chi connectivity index (χ1) is 8.00. The van der Waals surface area contributed by atoms with Crippen LogP contribution in [0.25, 0.3) is 0 Å². The summed E-state index contributed by atoms with van der Waals surface area (Å²) in [6.45, 7) is 8.00. The average Bonchev–Trinajstić information content (AvgIpc) is 2.48. The Bertz CT molecular complexity index is 130. The van der Waals surface area contributed by atoms with Crippen molar-refractivity contribution in [3.8, 4) is 0 Å². The van der Waals surface area contributed by atoms with E-state index < -0.39 is 0 Å². The van der Waals surface area contributed by atoms with Gasteiger partial charge in [-0.05, 0) is 0 Å². The Hall–Kier alpha value is -0.780. The molecule has 0 N–H and O–H groups in total. The number of hydrogen-bond acceptors (Lipinski definition) is 0. The van der Waals surface area contributed by atoms with Gasteiger partial charge in [-0.2, -0.15) is 0 Å². The van der Waals surface area contributed by atoms with Gasteiger partial charge in [0.2, 0.25) is 0 Å². The fourth-order valence-electron chi connectivity index (χ4n) is 1.45. The maximum Gasteiger partial charge on any atom is 0 e. The topological polar surface area (TPSA) is 0 Å². The number of rotatable bonds is 0. The van der Waals surface area contributed by atoms with Gasteiger partial charge in [-0.3, -0.25) is 0 Å². The second-order valence-electron chi connectivity index (χ2n) is 3.28. The van der Waals surface area contributed by atoms with E-state index in [9.17, 15) is 0 Å². The van der Waals surface area contributed by atoms with E-state index in [2.05, 4.69) is 0 Å². The minimum atomic E-state index is 0. The summed E-state index contributed by atoms with van der Waals surface area (Å²) in [6, 6.07) is 12.0. The molecule has 1 aliphatic carbocycles. The molecule has 0 amide bonds. The zero-order chi connectivity index (χ0) is 12.5. The highest BCUT2D eigenvalue weighted by molar-refractivity contribution is 4.99. The maximum atomic E-state index is 2.00. The zero-order valence-corrected chi connectivity index (χ0v) is 11.7. The van der Waals surface area contributed by atoms with Crippen LogP contribution in [-0.4, -0.2) is 0 Å². The van der Waals surface area contributed by atoms with Crippen molar-refractivity contribution in [3.63, 3.8) is 0 Å². The fraction of sp³-hybridized carbons (Fsp3) is 0.667. The summed E-state index contributed by atoms with van der Waals surface area (Å²) in [5, 5.41) is 0. The Morgan fingerprint density at radius 3 is 0.667 bits per heavy atom. The molecule has 1 aromatic rings. The SMILES string of the molecule is C.C.C1CCCCC1.CC.CC.[HH].c1ccccc1. The van der Waals surface area contributed by atoms with E-state index >= 15 is 0 Å².